The van der Waals surface area contributed by atoms with Crippen molar-refractivity contribution < 1.29 is 8.98 Å². The summed E-state index contributed by atoms with van der Waals surface area (Å²) >= 11 is 0. The number of aryl methyl sites for hydroxylation is 2. The average molecular weight is 507 g/mol. The zero-order valence-electron chi connectivity index (χ0n) is 23.7. The van der Waals surface area contributed by atoms with Gasteiger partial charge in [-0.2, -0.15) is 4.57 Å². The van der Waals surface area contributed by atoms with E-state index in [-0.39, 0.29) is 0 Å². The fourth-order valence-corrected chi connectivity index (χ4v) is 6.50. The molecule has 0 radical (unpaired) electrons. The van der Waals surface area contributed by atoms with Gasteiger partial charge >= 0.3 is 0 Å². The molecule has 4 nitrogen and oxygen atoms in total. The van der Waals surface area contributed by atoms with Crippen molar-refractivity contribution in [3.8, 4) is 17.1 Å². The lowest BCUT2D eigenvalue weighted by atomic mass is 9.89. The van der Waals surface area contributed by atoms with Gasteiger partial charge in [-0.3, -0.25) is 0 Å². The van der Waals surface area contributed by atoms with Crippen LogP contribution in [0.4, 0.5) is 0 Å². The Hall–Kier alpha value is -3.40. The molecule has 0 N–H and O–H groups in total. The Kier molecular flexibility index (Phi) is 6.37. The molecule has 1 fully saturated rings. The number of aromatic nitrogens is 3. The maximum absolute atomic E-state index is 6.73. The standard InChI is InChI=1S/C34H40N3O/c1-21(2)25-15-12-16-26(22(3)4)31(25)37-29-18-11-10-17-28(29)36(6)34(37)30-23(5)19-20-27-32(30)38-33(35-27)24-13-8-7-9-14-24/h10-12,15-22,24H,7-9,13-14H2,1-6H3/q+1. The summed E-state index contributed by atoms with van der Waals surface area (Å²) in [4.78, 5) is 5.06. The lowest BCUT2D eigenvalue weighted by Crippen LogP contribution is -2.30. The second-order valence-corrected chi connectivity index (χ2v) is 11.8. The highest BCUT2D eigenvalue weighted by Crippen LogP contribution is 2.41. The van der Waals surface area contributed by atoms with Gasteiger partial charge in [0.1, 0.15) is 16.8 Å². The van der Waals surface area contributed by atoms with Crippen molar-refractivity contribution in [2.75, 3.05) is 0 Å². The van der Waals surface area contributed by atoms with E-state index in [2.05, 4.69) is 105 Å². The minimum atomic E-state index is 0.392. The fraction of sp³-hybridized carbons (Fsp3) is 0.412. The molecule has 2 aromatic heterocycles. The molecule has 0 unspecified atom stereocenters. The summed E-state index contributed by atoms with van der Waals surface area (Å²) in [6, 6.07) is 19.9. The number of hydrogen-bond donors (Lipinski definition) is 0. The third-order valence-corrected chi connectivity index (χ3v) is 8.54. The topological polar surface area (TPSA) is 34.8 Å². The molecule has 4 heteroatoms. The van der Waals surface area contributed by atoms with Crippen LogP contribution < -0.4 is 4.57 Å². The van der Waals surface area contributed by atoms with Crippen LogP contribution >= 0.6 is 0 Å². The van der Waals surface area contributed by atoms with Crippen LogP contribution in [0.1, 0.15) is 100 Å². The molecule has 0 spiro atoms. The van der Waals surface area contributed by atoms with E-state index in [1.807, 2.05) is 0 Å². The second-order valence-electron chi connectivity index (χ2n) is 11.8. The zero-order chi connectivity index (χ0) is 26.6. The lowest BCUT2D eigenvalue weighted by molar-refractivity contribution is -0.633. The van der Waals surface area contributed by atoms with Crippen LogP contribution in [0.2, 0.25) is 0 Å². The first-order chi connectivity index (χ1) is 18.4. The molecular formula is C34H40N3O+. The molecule has 38 heavy (non-hydrogen) atoms. The van der Waals surface area contributed by atoms with Crippen molar-refractivity contribution in [2.24, 2.45) is 7.05 Å². The summed E-state index contributed by atoms with van der Waals surface area (Å²) in [5.74, 6) is 3.28. The van der Waals surface area contributed by atoms with Crippen molar-refractivity contribution in [3.05, 3.63) is 77.2 Å². The summed E-state index contributed by atoms with van der Waals surface area (Å²) in [7, 11) is 2.19. The van der Waals surface area contributed by atoms with Gasteiger partial charge in [-0.1, -0.05) is 83.4 Å². The van der Waals surface area contributed by atoms with Gasteiger partial charge in [-0.15, -0.1) is 0 Å². The maximum Gasteiger partial charge on any atom is 0.299 e. The van der Waals surface area contributed by atoms with Crippen LogP contribution in [0.3, 0.4) is 0 Å². The lowest BCUT2D eigenvalue weighted by Gasteiger charge is -2.18. The Morgan fingerprint density at radius 1 is 0.868 bits per heavy atom. The zero-order valence-corrected chi connectivity index (χ0v) is 23.7. The van der Waals surface area contributed by atoms with Crippen LogP contribution in [0.5, 0.6) is 0 Å². The van der Waals surface area contributed by atoms with Crippen molar-refractivity contribution in [2.45, 2.75) is 84.5 Å². The predicted octanol–water partition coefficient (Wildman–Crippen LogP) is 8.87. The maximum atomic E-state index is 6.73. The molecular weight excluding hydrogens is 466 g/mol. The number of nitrogens with zero attached hydrogens (tertiary/aromatic N) is 3. The van der Waals surface area contributed by atoms with E-state index in [0.29, 0.717) is 17.8 Å². The largest absolute Gasteiger partial charge is 0.439 e. The highest BCUT2D eigenvalue weighted by atomic mass is 16.3. The first kappa shape index (κ1) is 24.9. The van der Waals surface area contributed by atoms with Crippen LogP contribution in [0.25, 0.3) is 39.2 Å². The molecule has 0 saturated heterocycles. The van der Waals surface area contributed by atoms with Crippen LogP contribution in [0.15, 0.2) is 59.0 Å². The van der Waals surface area contributed by atoms with Crippen molar-refractivity contribution in [1.29, 1.82) is 0 Å². The van der Waals surface area contributed by atoms with E-state index in [1.54, 1.807) is 0 Å². The molecule has 1 aliphatic carbocycles. The van der Waals surface area contributed by atoms with Gasteiger partial charge in [0.05, 0.1) is 7.05 Å². The Morgan fingerprint density at radius 2 is 1.55 bits per heavy atom. The SMILES string of the molecule is Cc1ccc2nc(C3CCCCC3)oc2c1-c1n(-c2c(C(C)C)cccc2C(C)C)c2ccccc2[n+]1C. The van der Waals surface area contributed by atoms with Crippen LogP contribution in [-0.4, -0.2) is 9.55 Å². The van der Waals surface area contributed by atoms with E-state index in [0.717, 1.165) is 28.4 Å². The van der Waals surface area contributed by atoms with Gasteiger partial charge in [-0.05, 0) is 55.4 Å². The number of para-hydroxylation sites is 3. The number of fused-ring (bicyclic) bond motifs is 2. The summed E-state index contributed by atoms with van der Waals surface area (Å²) in [5.41, 5.74) is 10.7. The van der Waals surface area contributed by atoms with Crippen molar-refractivity contribution >= 4 is 22.1 Å². The minimum absolute atomic E-state index is 0.392. The molecule has 0 aliphatic heterocycles. The van der Waals surface area contributed by atoms with E-state index in [1.165, 1.54) is 65.5 Å². The Balaban J connectivity index is 1.72. The smallest absolute Gasteiger partial charge is 0.299 e. The normalized spacial score (nSPS) is 14.9. The minimum Gasteiger partial charge on any atom is -0.439 e. The van der Waals surface area contributed by atoms with E-state index >= 15 is 0 Å². The summed E-state index contributed by atoms with van der Waals surface area (Å²) in [6.45, 7) is 11.4. The highest BCUT2D eigenvalue weighted by molar-refractivity contribution is 5.92. The van der Waals surface area contributed by atoms with E-state index < -0.39 is 0 Å². The quantitative estimate of drug-likeness (QED) is 0.223. The molecule has 0 bridgehead atoms. The second kappa shape index (κ2) is 9.72. The van der Waals surface area contributed by atoms with Crippen LogP contribution in [-0.2, 0) is 7.05 Å². The molecule has 6 rings (SSSR count). The van der Waals surface area contributed by atoms with Gasteiger partial charge in [0, 0.05) is 17.0 Å². The summed E-state index contributed by atoms with van der Waals surface area (Å²) in [5, 5.41) is 0. The fourth-order valence-electron chi connectivity index (χ4n) is 6.50. The van der Waals surface area contributed by atoms with Gasteiger partial charge in [-0.25, -0.2) is 9.55 Å². The molecule has 3 aromatic carbocycles. The predicted molar refractivity (Wildman–Crippen MR) is 156 cm³/mol. The van der Waals surface area contributed by atoms with E-state index in [4.69, 9.17) is 9.40 Å². The molecule has 0 amide bonds. The average Bonchev–Trinajstić information content (AvgIpc) is 3.48. The molecule has 1 saturated carbocycles. The highest BCUT2D eigenvalue weighted by Gasteiger charge is 2.34. The van der Waals surface area contributed by atoms with Gasteiger partial charge in [0.2, 0.25) is 0 Å². The third-order valence-electron chi connectivity index (χ3n) is 8.54. The number of benzene rings is 3. The number of rotatable bonds is 5. The van der Waals surface area contributed by atoms with Gasteiger partial charge < -0.3 is 4.42 Å². The Labute approximate surface area is 226 Å². The Bertz CT molecular complexity index is 1600. The van der Waals surface area contributed by atoms with E-state index in [9.17, 15) is 0 Å². The third kappa shape index (κ3) is 3.97. The molecule has 196 valence electrons. The summed E-state index contributed by atoms with van der Waals surface area (Å²) in [6.07, 6.45) is 6.21. The van der Waals surface area contributed by atoms with Crippen molar-refractivity contribution in [1.82, 2.24) is 9.55 Å². The number of oxazole rings is 1. The van der Waals surface area contributed by atoms with Crippen LogP contribution in [0, 0.1) is 6.92 Å². The summed E-state index contributed by atoms with van der Waals surface area (Å²) < 4.78 is 11.6. The van der Waals surface area contributed by atoms with Gasteiger partial charge in [0.15, 0.2) is 22.5 Å². The van der Waals surface area contributed by atoms with Gasteiger partial charge in [0.25, 0.3) is 5.82 Å². The molecule has 2 heterocycles. The first-order valence-corrected chi connectivity index (χ1v) is 14.4. The molecule has 5 aromatic rings. The number of imidazole rings is 1. The monoisotopic (exact) mass is 506 g/mol. The first-order valence-electron chi connectivity index (χ1n) is 14.4. The molecule has 1 aliphatic rings. The molecule has 0 atom stereocenters. The Morgan fingerprint density at radius 3 is 2.24 bits per heavy atom. The number of hydrogen-bond acceptors (Lipinski definition) is 2. The van der Waals surface area contributed by atoms with Crippen molar-refractivity contribution in [3.63, 3.8) is 0 Å².